The van der Waals surface area contributed by atoms with Crippen LogP contribution in [0.4, 0.5) is 10.1 Å². The highest BCUT2D eigenvalue weighted by Crippen LogP contribution is 2.18. The van der Waals surface area contributed by atoms with Crippen LogP contribution in [-0.4, -0.2) is 25.8 Å². The van der Waals surface area contributed by atoms with E-state index >= 15 is 0 Å². The topological polar surface area (TPSA) is 73.8 Å². The van der Waals surface area contributed by atoms with Gasteiger partial charge in [0, 0.05) is 18.1 Å². The zero-order valence-corrected chi connectivity index (χ0v) is 11.3. The minimum absolute atomic E-state index is 0.308. The number of rotatable bonds is 6. The lowest BCUT2D eigenvalue weighted by molar-refractivity contribution is -0.387. The molecule has 106 valence electrons. The van der Waals surface area contributed by atoms with Gasteiger partial charge in [-0.05, 0) is 24.5 Å². The number of hydrogen-bond acceptors (Lipinski definition) is 4. The van der Waals surface area contributed by atoms with Crippen molar-refractivity contribution in [2.75, 3.05) is 5.88 Å². The van der Waals surface area contributed by atoms with E-state index in [1.54, 1.807) is 10.9 Å². The summed E-state index contributed by atoms with van der Waals surface area (Å²) >= 11 is 5.59. The molecule has 0 amide bonds. The molecule has 0 aliphatic rings. The number of benzene rings is 1. The first-order chi connectivity index (χ1) is 9.60. The summed E-state index contributed by atoms with van der Waals surface area (Å²) in [6.07, 6.45) is 3.30. The van der Waals surface area contributed by atoms with Crippen LogP contribution in [0, 0.1) is 15.9 Å². The number of alkyl halides is 1. The van der Waals surface area contributed by atoms with E-state index in [1.807, 2.05) is 0 Å². The van der Waals surface area contributed by atoms with Crippen molar-refractivity contribution in [3.05, 3.63) is 51.6 Å². The number of nitrogens with zero attached hydrogens (tertiary/aromatic N) is 4. The Balaban J connectivity index is 2.08. The van der Waals surface area contributed by atoms with E-state index in [9.17, 15) is 14.5 Å². The van der Waals surface area contributed by atoms with E-state index in [0.717, 1.165) is 30.7 Å². The second-order valence-corrected chi connectivity index (χ2v) is 4.62. The molecule has 0 aliphatic heterocycles. The van der Waals surface area contributed by atoms with E-state index in [0.29, 0.717) is 18.0 Å². The molecular weight excluding hydrogens is 287 g/mol. The molecule has 2 rings (SSSR count). The Hall–Kier alpha value is -2.02. The molecule has 0 saturated carbocycles. The molecule has 0 unspecified atom stereocenters. The van der Waals surface area contributed by atoms with Crippen LogP contribution in [0.3, 0.4) is 0 Å². The fourth-order valence-electron chi connectivity index (χ4n) is 1.76. The molecule has 20 heavy (non-hydrogen) atoms. The number of halogens is 2. The summed E-state index contributed by atoms with van der Waals surface area (Å²) in [4.78, 5) is 9.77. The van der Waals surface area contributed by atoms with E-state index in [2.05, 4.69) is 10.3 Å². The van der Waals surface area contributed by atoms with Crippen molar-refractivity contribution >= 4 is 17.3 Å². The number of nitro benzene ring substituents is 1. The second-order valence-electron chi connectivity index (χ2n) is 4.24. The fourth-order valence-corrected chi connectivity index (χ4v) is 1.90. The van der Waals surface area contributed by atoms with Gasteiger partial charge in [0.25, 0.3) is 0 Å². The van der Waals surface area contributed by atoms with Crippen molar-refractivity contribution in [2.45, 2.75) is 19.4 Å². The van der Waals surface area contributed by atoms with E-state index < -0.39 is 16.4 Å². The van der Waals surface area contributed by atoms with Crippen LogP contribution in [-0.2, 0) is 13.0 Å². The maximum Gasteiger partial charge on any atom is 0.304 e. The maximum atomic E-state index is 13.5. The first kappa shape index (κ1) is 14.4. The van der Waals surface area contributed by atoms with Gasteiger partial charge in [0.2, 0.25) is 5.82 Å². The third kappa shape index (κ3) is 3.51. The van der Waals surface area contributed by atoms with Crippen LogP contribution < -0.4 is 0 Å². The summed E-state index contributed by atoms with van der Waals surface area (Å²) in [5.41, 5.74) is 0.866. The summed E-state index contributed by atoms with van der Waals surface area (Å²) in [6, 6.07) is 3.79. The predicted octanol–water partition coefficient (Wildman–Crippen LogP) is 2.55. The van der Waals surface area contributed by atoms with Crippen molar-refractivity contribution in [2.24, 2.45) is 0 Å². The molecule has 0 N–H and O–H groups in total. The van der Waals surface area contributed by atoms with Crippen molar-refractivity contribution in [3.8, 4) is 0 Å². The van der Waals surface area contributed by atoms with Gasteiger partial charge in [0.05, 0.1) is 17.2 Å². The Bertz CT molecular complexity index is 617. The quantitative estimate of drug-likeness (QED) is 0.466. The summed E-state index contributed by atoms with van der Waals surface area (Å²) in [5, 5.41) is 18.4. The Morgan fingerprint density at radius 2 is 2.25 bits per heavy atom. The minimum atomic E-state index is -0.852. The Morgan fingerprint density at radius 1 is 1.45 bits per heavy atom. The molecule has 0 aliphatic carbocycles. The number of aromatic nitrogens is 3. The van der Waals surface area contributed by atoms with Crippen LogP contribution in [0.2, 0.25) is 0 Å². The summed E-state index contributed by atoms with van der Waals surface area (Å²) in [7, 11) is 0. The third-order valence-corrected chi connectivity index (χ3v) is 2.97. The molecule has 0 fully saturated rings. The Kier molecular flexibility index (Phi) is 4.62. The summed E-state index contributed by atoms with van der Waals surface area (Å²) in [5.74, 6) is -0.296. The van der Waals surface area contributed by atoms with Crippen LogP contribution in [0.5, 0.6) is 0 Å². The molecule has 1 aromatic carbocycles. The first-order valence-corrected chi connectivity index (χ1v) is 6.51. The van der Waals surface area contributed by atoms with Gasteiger partial charge in [-0.3, -0.25) is 10.1 Å². The standard InChI is InChI=1S/C12H12ClFN4O2/c13-5-1-2-10-8-17(16-15-10)7-9-3-4-12(18(19)20)11(14)6-9/h3-4,6,8H,1-2,5,7H2. The first-order valence-electron chi connectivity index (χ1n) is 5.98. The van der Waals surface area contributed by atoms with E-state index in [-0.39, 0.29) is 0 Å². The van der Waals surface area contributed by atoms with E-state index in [1.165, 1.54) is 6.07 Å². The molecule has 0 bridgehead atoms. The molecule has 1 aromatic heterocycles. The number of nitro groups is 1. The van der Waals surface area contributed by atoms with Gasteiger partial charge in [-0.15, -0.1) is 16.7 Å². The van der Waals surface area contributed by atoms with E-state index in [4.69, 9.17) is 11.6 Å². The molecule has 8 heteroatoms. The maximum absolute atomic E-state index is 13.5. The number of hydrogen-bond donors (Lipinski definition) is 0. The largest absolute Gasteiger partial charge is 0.304 e. The van der Waals surface area contributed by atoms with Gasteiger partial charge in [-0.2, -0.15) is 4.39 Å². The number of aryl methyl sites for hydroxylation is 1. The monoisotopic (exact) mass is 298 g/mol. The highest BCUT2D eigenvalue weighted by Gasteiger charge is 2.14. The van der Waals surface area contributed by atoms with Gasteiger partial charge < -0.3 is 0 Å². The van der Waals surface area contributed by atoms with Gasteiger partial charge in [0.1, 0.15) is 0 Å². The highest BCUT2D eigenvalue weighted by atomic mass is 35.5. The van der Waals surface area contributed by atoms with Crippen molar-refractivity contribution in [1.82, 2.24) is 15.0 Å². The van der Waals surface area contributed by atoms with Crippen LogP contribution in [0.25, 0.3) is 0 Å². The SMILES string of the molecule is O=[N+]([O-])c1ccc(Cn2cc(CCCCl)nn2)cc1F. The molecule has 0 radical (unpaired) electrons. The minimum Gasteiger partial charge on any atom is -0.258 e. The molecule has 2 aromatic rings. The zero-order valence-electron chi connectivity index (χ0n) is 10.5. The van der Waals surface area contributed by atoms with Gasteiger partial charge in [-0.1, -0.05) is 11.3 Å². The molecule has 0 spiro atoms. The predicted molar refractivity (Wildman–Crippen MR) is 71.2 cm³/mol. The van der Waals surface area contributed by atoms with Gasteiger partial charge in [-0.25, -0.2) is 4.68 Å². The molecular formula is C12H12ClFN4O2. The molecule has 1 heterocycles. The fraction of sp³-hybridized carbons (Fsp3) is 0.333. The van der Waals surface area contributed by atoms with Crippen molar-refractivity contribution < 1.29 is 9.31 Å². The Labute approximate surface area is 119 Å². The van der Waals surface area contributed by atoms with Gasteiger partial charge in [0.15, 0.2) is 0 Å². The van der Waals surface area contributed by atoms with Crippen molar-refractivity contribution in [3.63, 3.8) is 0 Å². The summed E-state index contributed by atoms with van der Waals surface area (Å²) < 4.78 is 15.0. The smallest absolute Gasteiger partial charge is 0.258 e. The zero-order chi connectivity index (χ0) is 14.5. The normalized spacial score (nSPS) is 10.7. The molecule has 0 saturated heterocycles. The second kappa shape index (κ2) is 6.42. The molecule has 6 nitrogen and oxygen atoms in total. The summed E-state index contributed by atoms with van der Waals surface area (Å²) in [6.45, 7) is 0.308. The highest BCUT2D eigenvalue weighted by molar-refractivity contribution is 6.17. The van der Waals surface area contributed by atoms with Gasteiger partial charge >= 0.3 is 5.69 Å². The van der Waals surface area contributed by atoms with Crippen LogP contribution in [0.15, 0.2) is 24.4 Å². The average molecular weight is 299 g/mol. The molecule has 0 atom stereocenters. The third-order valence-electron chi connectivity index (χ3n) is 2.71. The van der Waals surface area contributed by atoms with Crippen molar-refractivity contribution in [1.29, 1.82) is 0 Å². The van der Waals surface area contributed by atoms with Crippen LogP contribution in [0.1, 0.15) is 17.7 Å². The lowest BCUT2D eigenvalue weighted by Gasteiger charge is -2.01. The lowest BCUT2D eigenvalue weighted by Crippen LogP contribution is -2.02. The average Bonchev–Trinajstić information content (AvgIpc) is 2.83. The Morgan fingerprint density at radius 3 is 2.90 bits per heavy atom. The lowest BCUT2D eigenvalue weighted by atomic mass is 10.2. The van der Waals surface area contributed by atoms with Crippen LogP contribution >= 0.6 is 11.6 Å².